The van der Waals surface area contributed by atoms with Crippen LogP contribution in [-0.2, 0) is 38.1 Å². The van der Waals surface area contributed by atoms with E-state index in [1.807, 2.05) is 25.9 Å². The second kappa shape index (κ2) is 13.5. The third kappa shape index (κ3) is 6.95. The highest BCUT2D eigenvalue weighted by Crippen LogP contribution is 2.41. The van der Waals surface area contributed by atoms with Gasteiger partial charge in [-0.2, -0.15) is 0 Å². The number of halogens is 1. The summed E-state index contributed by atoms with van der Waals surface area (Å²) in [6, 6.07) is -1.13. The molecule has 0 aliphatic carbocycles. The average molecular weight is 647 g/mol. The van der Waals surface area contributed by atoms with Gasteiger partial charge in [-0.1, -0.05) is 32.4 Å². The van der Waals surface area contributed by atoms with Crippen molar-refractivity contribution in [1.29, 1.82) is 0 Å². The zero-order chi connectivity index (χ0) is 33.5. The van der Waals surface area contributed by atoms with Crippen molar-refractivity contribution in [1.82, 2.24) is 10.2 Å². The van der Waals surface area contributed by atoms with Gasteiger partial charge in [0, 0.05) is 30.4 Å². The summed E-state index contributed by atoms with van der Waals surface area (Å²) in [4.78, 5) is 53.8. The molecule has 2 N–H and O–H groups in total. The molecule has 1 amide bonds. The highest BCUT2D eigenvalue weighted by atomic mass is 35.5. The molecule has 13 heteroatoms. The van der Waals surface area contributed by atoms with E-state index in [-0.39, 0.29) is 31.0 Å². The fraction of sp³-hybridized carbons (Fsp3) is 0.871. The molecule has 0 aromatic carbocycles. The molecule has 3 rings (SSSR count). The van der Waals surface area contributed by atoms with Crippen LogP contribution in [0.3, 0.4) is 0 Å². The molecular weight excluding hydrogens is 596 g/mol. The molecule has 3 aliphatic rings. The molecule has 3 fully saturated rings. The van der Waals surface area contributed by atoms with Crippen LogP contribution in [0.4, 0.5) is 4.79 Å². The van der Waals surface area contributed by atoms with Crippen molar-refractivity contribution in [2.75, 3.05) is 20.7 Å². The maximum Gasteiger partial charge on any atom is 0.408 e. The van der Waals surface area contributed by atoms with Crippen molar-refractivity contribution in [3.63, 3.8) is 0 Å². The summed E-state index contributed by atoms with van der Waals surface area (Å²) in [5.74, 6) is -4.40. The maximum atomic E-state index is 14.1. The van der Waals surface area contributed by atoms with Gasteiger partial charge in [-0.05, 0) is 68.5 Å². The lowest BCUT2D eigenvalue weighted by Crippen LogP contribution is -2.61. The first-order chi connectivity index (χ1) is 20.2. The molecule has 12 nitrogen and oxygen atoms in total. The summed E-state index contributed by atoms with van der Waals surface area (Å²) in [7, 11) is 3.70. The van der Waals surface area contributed by atoms with Gasteiger partial charge in [0.15, 0.2) is 22.5 Å². The number of esters is 1. The standard InChI is InChI=1S/C31H51ClN2O10/c1-12-40-29(7)14-15(2)21(35)17(4)23-31(9,44-28(39)33-23)19(6)42-27(38)30(8,32)24(37)18(5)25(29)43-26-22(36)20(34(10)11)13-16(3)41-26/h15-20,22-23,25-26,36H,12-14H2,1-11H3,(H,33,39)/t15-,16-,17+,18+,19-,20+,22-,23-,25-,26+,29+,30+,31-/m1/s1. The third-order valence-corrected chi connectivity index (χ3v) is 10.1. The van der Waals surface area contributed by atoms with Crippen molar-refractivity contribution in [2.45, 2.75) is 134 Å². The number of hydrogen-bond acceptors (Lipinski definition) is 11. The number of carbonyl (C=O) groups is 4. The topological polar surface area (TPSA) is 150 Å². The summed E-state index contributed by atoms with van der Waals surface area (Å²) < 4.78 is 30.1. The van der Waals surface area contributed by atoms with E-state index >= 15 is 0 Å². The van der Waals surface area contributed by atoms with E-state index in [1.165, 1.54) is 13.8 Å². The number of nitrogens with one attached hydrogen (secondary N) is 1. The van der Waals surface area contributed by atoms with Crippen LogP contribution in [-0.4, -0.2) is 113 Å². The number of ketones is 2. The first-order valence-corrected chi connectivity index (χ1v) is 15.9. The van der Waals surface area contributed by atoms with Crippen LogP contribution in [0.5, 0.6) is 0 Å². The highest BCUT2D eigenvalue weighted by Gasteiger charge is 2.58. The number of likely N-dealkylation sites (N-methyl/N-ethyl adjacent to an activating group) is 1. The highest BCUT2D eigenvalue weighted by molar-refractivity contribution is 6.45. The van der Waals surface area contributed by atoms with Crippen LogP contribution in [0.25, 0.3) is 0 Å². The van der Waals surface area contributed by atoms with Crippen LogP contribution < -0.4 is 5.32 Å². The lowest BCUT2D eigenvalue weighted by Gasteiger charge is -2.47. The Balaban J connectivity index is 2.14. The molecule has 0 radical (unpaired) electrons. The van der Waals surface area contributed by atoms with E-state index < -0.39 is 82.3 Å². The van der Waals surface area contributed by atoms with E-state index in [4.69, 9.17) is 35.3 Å². The summed E-state index contributed by atoms with van der Waals surface area (Å²) in [5, 5.41) is 14.0. The minimum atomic E-state index is -2.16. The lowest BCUT2D eigenvalue weighted by atomic mass is 9.74. The zero-order valence-electron chi connectivity index (χ0n) is 27.8. The molecule has 3 heterocycles. The molecule has 13 atom stereocenters. The Bertz CT molecular complexity index is 1100. The van der Waals surface area contributed by atoms with Crippen LogP contribution in [0.15, 0.2) is 0 Å². The maximum absolute atomic E-state index is 14.1. The van der Waals surface area contributed by atoms with Gasteiger partial charge in [0.05, 0.1) is 23.9 Å². The number of aliphatic hydroxyl groups is 1. The van der Waals surface area contributed by atoms with Crippen molar-refractivity contribution in [3.8, 4) is 0 Å². The van der Waals surface area contributed by atoms with E-state index in [9.17, 15) is 24.3 Å². The number of rotatable bonds is 5. The molecule has 0 spiro atoms. The van der Waals surface area contributed by atoms with Crippen molar-refractivity contribution in [3.05, 3.63) is 0 Å². The molecular formula is C31H51ClN2O10. The molecule has 0 aromatic rings. The zero-order valence-corrected chi connectivity index (χ0v) is 28.6. The predicted molar refractivity (Wildman–Crippen MR) is 161 cm³/mol. The minimum absolute atomic E-state index is 0.110. The summed E-state index contributed by atoms with van der Waals surface area (Å²) in [5.41, 5.74) is -2.71. The largest absolute Gasteiger partial charge is 0.457 e. The average Bonchev–Trinajstić information content (AvgIpc) is 3.25. The second-order valence-electron chi connectivity index (χ2n) is 13.6. The molecule has 0 saturated carbocycles. The molecule has 0 bridgehead atoms. The van der Waals surface area contributed by atoms with Gasteiger partial charge in [0.1, 0.15) is 18.0 Å². The number of aliphatic hydroxyl groups excluding tert-OH is 1. The SMILES string of the molecule is CCO[C@@]1(C)C[C@@H](C)C(=O)[C@H](C)[C@H]2NC(=O)O[C@]2(C)[C@@H](C)OC(=O)[C@@](C)(Cl)C(=O)[C@H](C)[C@H]1O[C@@H]1O[C@H](C)C[C@H](N(C)C)[C@H]1O. The van der Waals surface area contributed by atoms with E-state index in [1.54, 1.807) is 41.5 Å². The van der Waals surface area contributed by atoms with Crippen LogP contribution in [0, 0.1) is 17.8 Å². The second-order valence-corrected chi connectivity index (χ2v) is 14.3. The number of nitrogens with zero attached hydrogens (tertiary/aromatic N) is 1. The van der Waals surface area contributed by atoms with Gasteiger partial charge in [-0.25, -0.2) is 9.59 Å². The van der Waals surface area contributed by atoms with Crippen molar-refractivity contribution < 1.29 is 48.0 Å². The number of Topliss-reactive ketones (excluding diaryl/α,β-unsaturated/α-hetero) is 2. The Morgan fingerprint density at radius 3 is 2.23 bits per heavy atom. The van der Waals surface area contributed by atoms with Gasteiger partial charge in [0.2, 0.25) is 0 Å². The summed E-state index contributed by atoms with van der Waals surface area (Å²) in [6.07, 6.45) is -4.74. The predicted octanol–water partition coefficient (Wildman–Crippen LogP) is 2.84. The number of carbonyl (C=O) groups excluding carboxylic acids is 4. The number of alkyl halides is 1. The Labute approximate surface area is 265 Å². The Morgan fingerprint density at radius 2 is 1.66 bits per heavy atom. The number of fused-ring (bicyclic) bond motifs is 1. The van der Waals surface area contributed by atoms with Crippen LogP contribution in [0.2, 0.25) is 0 Å². The summed E-state index contributed by atoms with van der Waals surface area (Å²) in [6.45, 7) is 15.0. The molecule has 3 aliphatic heterocycles. The molecule has 0 unspecified atom stereocenters. The smallest absolute Gasteiger partial charge is 0.408 e. The third-order valence-electron chi connectivity index (χ3n) is 9.79. The van der Waals surface area contributed by atoms with Crippen molar-refractivity contribution >= 4 is 35.2 Å². The minimum Gasteiger partial charge on any atom is -0.457 e. The number of hydrogen-bond donors (Lipinski definition) is 2. The van der Waals surface area contributed by atoms with Gasteiger partial charge < -0.3 is 39.0 Å². The van der Waals surface area contributed by atoms with Gasteiger partial charge in [-0.15, -0.1) is 0 Å². The van der Waals surface area contributed by atoms with Gasteiger partial charge in [-0.3, -0.25) is 9.59 Å². The Hall–Kier alpha value is -1.83. The number of alkyl carbamates (subject to hydrolysis) is 1. The lowest BCUT2D eigenvalue weighted by molar-refractivity contribution is -0.297. The Kier molecular flexibility index (Phi) is 11.2. The van der Waals surface area contributed by atoms with Gasteiger partial charge >= 0.3 is 12.1 Å². The Morgan fingerprint density at radius 1 is 1.05 bits per heavy atom. The van der Waals surface area contributed by atoms with Gasteiger partial charge in [0.25, 0.3) is 0 Å². The van der Waals surface area contributed by atoms with Crippen LogP contribution in [0.1, 0.15) is 75.2 Å². The number of ether oxygens (including phenoxy) is 5. The van der Waals surface area contributed by atoms with E-state index in [0.717, 1.165) is 0 Å². The molecule has 252 valence electrons. The van der Waals surface area contributed by atoms with E-state index in [2.05, 4.69) is 5.32 Å². The fourth-order valence-corrected chi connectivity index (χ4v) is 7.29. The molecule has 44 heavy (non-hydrogen) atoms. The molecule has 0 aromatic heterocycles. The first kappa shape index (κ1) is 36.6. The summed E-state index contributed by atoms with van der Waals surface area (Å²) >= 11 is 6.71. The molecule has 3 saturated heterocycles. The first-order valence-electron chi connectivity index (χ1n) is 15.5. The number of amides is 1. The number of cyclic esters (lactones) is 1. The van der Waals surface area contributed by atoms with Crippen LogP contribution >= 0.6 is 11.6 Å². The van der Waals surface area contributed by atoms with E-state index in [0.29, 0.717) is 6.42 Å². The monoisotopic (exact) mass is 646 g/mol. The fourth-order valence-electron chi connectivity index (χ4n) is 7.07. The normalized spacial score (nSPS) is 46.1. The quantitative estimate of drug-likeness (QED) is 0.258. The van der Waals surface area contributed by atoms with Crippen molar-refractivity contribution in [2.24, 2.45) is 17.8 Å².